The van der Waals surface area contributed by atoms with Crippen molar-refractivity contribution in [2.24, 2.45) is 11.8 Å². The van der Waals surface area contributed by atoms with E-state index in [1.807, 2.05) is 0 Å². The Kier molecular flexibility index (Phi) is 5.47. The van der Waals surface area contributed by atoms with Crippen molar-refractivity contribution < 1.29 is 0 Å². The maximum absolute atomic E-state index is 3.61. The first kappa shape index (κ1) is 12.5. The van der Waals surface area contributed by atoms with Gasteiger partial charge in [-0.15, -0.1) is 0 Å². The fourth-order valence-corrected chi connectivity index (χ4v) is 2.92. The largest absolute Gasteiger partial charge is 0.300 e. The van der Waals surface area contributed by atoms with Crippen molar-refractivity contribution in [1.82, 2.24) is 4.90 Å². The molecule has 1 saturated heterocycles. The monoisotopic (exact) mass is 261 g/mol. The average Bonchev–Trinajstić information content (AvgIpc) is 2.19. The van der Waals surface area contributed by atoms with Crippen molar-refractivity contribution in [3.05, 3.63) is 0 Å². The molecular weight excluding hydrogens is 238 g/mol. The third kappa shape index (κ3) is 3.54. The highest BCUT2D eigenvalue weighted by Crippen LogP contribution is 2.23. The number of hydrogen-bond donors (Lipinski definition) is 0. The van der Waals surface area contributed by atoms with Gasteiger partial charge in [-0.2, -0.15) is 0 Å². The molecular formula is C12H24BrN. The number of nitrogens with zero attached hydrogens (tertiary/aromatic N) is 1. The second-order valence-electron chi connectivity index (χ2n) is 4.91. The van der Waals surface area contributed by atoms with Crippen LogP contribution in [-0.2, 0) is 0 Å². The summed E-state index contributed by atoms with van der Waals surface area (Å²) in [5, 5.41) is 1.15. The van der Waals surface area contributed by atoms with Crippen LogP contribution in [0.5, 0.6) is 0 Å². The van der Waals surface area contributed by atoms with Crippen molar-refractivity contribution in [2.75, 3.05) is 18.4 Å². The molecule has 1 heterocycles. The second kappa shape index (κ2) is 6.12. The molecule has 0 radical (unpaired) electrons. The average molecular weight is 262 g/mol. The molecule has 84 valence electrons. The van der Waals surface area contributed by atoms with Gasteiger partial charge in [-0.3, -0.25) is 0 Å². The van der Waals surface area contributed by atoms with E-state index in [0.717, 1.165) is 23.2 Å². The third-order valence-corrected chi connectivity index (χ3v) is 4.45. The van der Waals surface area contributed by atoms with Gasteiger partial charge >= 0.3 is 0 Å². The van der Waals surface area contributed by atoms with Gasteiger partial charge in [-0.25, -0.2) is 0 Å². The van der Waals surface area contributed by atoms with Crippen LogP contribution >= 0.6 is 15.9 Å². The number of hydrogen-bond acceptors (Lipinski definition) is 1. The highest BCUT2D eigenvalue weighted by Gasteiger charge is 2.24. The molecule has 1 aliphatic rings. The van der Waals surface area contributed by atoms with Crippen LogP contribution in [0.4, 0.5) is 0 Å². The molecule has 0 aliphatic carbocycles. The molecule has 0 aromatic carbocycles. The van der Waals surface area contributed by atoms with Crippen LogP contribution < -0.4 is 0 Å². The molecule has 1 rings (SSSR count). The summed E-state index contributed by atoms with van der Waals surface area (Å²) in [6.07, 6.45) is 4.10. The number of rotatable bonds is 4. The summed E-state index contributed by atoms with van der Waals surface area (Å²) in [6, 6.07) is 0.805. The first-order valence-electron chi connectivity index (χ1n) is 5.97. The Morgan fingerprint density at radius 1 is 1.36 bits per heavy atom. The molecule has 0 bridgehead atoms. The Morgan fingerprint density at radius 3 is 2.64 bits per heavy atom. The van der Waals surface area contributed by atoms with Crippen molar-refractivity contribution >= 4 is 15.9 Å². The van der Waals surface area contributed by atoms with Gasteiger partial charge in [-0.1, -0.05) is 36.2 Å². The van der Waals surface area contributed by atoms with Crippen LogP contribution in [0.3, 0.4) is 0 Å². The van der Waals surface area contributed by atoms with E-state index in [-0.39, 0.29) is 0 Å². The summed E-state index contributed by atoms with van der Waals surface area (Å²) in [4.78, 5) is 2.68. The first-order valence-corrected chi connectivity index (χ1v) is 7.09. The fourth-order valence-electron chi connectivity index (χ4n) is 2.25. The highest BCUT2D eigenvalue weighted by molar-refractivity contribution is 9.09. The molecule has 1 fully saturated rings. The predicted molar refractivity (Wildman–Crippen MR) is 67.0 cm³/mol. The van der Waals surface area contributed by atoms with Crippen LogP contribution in [-0.4, -0.2) is 29.4 Å². The number of likely N-dealkylation sites (tertiary alicyclic amines) is 1. The van der Waals surface area contributed by atoms with Crippen LogP contribution in [0.25, 0.3) is 0 Å². The molecule has 0 aromatic rings. The minimum atomic E-state index is 0.805. The molecule has 3 unspecified atom stereocenters. The van der Waals surface area contributed by atoms with Gasteiger partial charge in [0.15, 0.2) is 0 Å². The van der Waals surface area contributed by atoms with E-state index in [4.69, 9.17) is 0 Å². The molecule has 1 aliphatic heterocycles. The number of halogens is 1. The van der Waals surface area contributed by atoms with Crippen LogP contribution in [0.15, 0.2) is 0 Å². The van der Waals surface area contributed by atoms with Crippen molar-refractivity contribution in [2.45, 2.75) is 46.1 Å². The second-order valence-corrected chi connectivity index (χ2v) is 5.56. The smallest absolute Gasteiger partial charge is 0.00717 e. The van der Waals surface area contributed by atoms with Gasteiger partial charge in [-0.05, 0) is 31.6 Å². The van der Waals surface area contributed by atoms with Crippen LogP contribution in [0.2, 0.25) is 0 Å². The lowest BCUT2D eigenvalue weighted by Crippen LogP contribution is -2.43. The quantitative estimate of drug-likeness (QED) is 0.700. The summed E-state index contributed by atoms with van der Waals surface area (Å²) in [7, 11) is 0. The normalized spacial score (nSPS) is 31.7. The fraction of sp³-hybridized carbons (Fsp3) is 1.00. The van der Waals surface area contributed by atoms with E-state index in [1.54, 1.807) is 0 Å². The summed E-state index contributed by atoms with van der Waals surface area (Å²) >= 11 is 3.61. The molecule has 14 heavy (non-hydrogen) atoms. The minimum Gasteiger partial charge on any atom is -0.300 e. The molecule has 1 nitrogen and oxygen atoms in total. The molecule has 0 saturated carbocycles. The maximum Gasteiger partial charge on any atom is 0.00717 e. The first-order chi connectivity index (χ1) is 6.67. The molecule has 0 aromatic heterocycles. The lowest BCUT2D eigenvalue weighted by molar-refractivity contribution is 0.108. The van der Waals surface area contributed by atoms with E-state index in [9.17, 15) is 0 Å². The zero-order valence-electron chi connectivity index (χ0n) is 9.80. The van der Waals surface area contributed by atoms with Crippen molar-refractivity contribution in [3.63, 3.8) is 0 Å². The van der Waals surface area contributed by atoms with E-state index in [0.29, 0.717) is 0 Å². The summed E-state index contributed by atoms with van der Waals surface area (Å²) < 4.78 is 0. The zero-order valence-corrected chi connectivity index (χ0v) is 11.4. The molecule has 0 amide bonds. The lowest BCUT2D eigenvalue weighted by Gasteiger charge is -2.38. The zero-order chi connectivity index (χ0) is 10.6. The third-order valence-electron chi connectivity index (χ3n) is 3.54. The molecule has 2 heteroatoms. The Hall–Kier alpha value is 0.440. The van der Waals surface area contributed by atoms with Crippen molar-refractivity contribution in [3.8, 4) is 0 Å². The van der Waals surface area contributed by atoms with E-state index in [1.165, 1.54) is 32.4 Å². The SMILES string of the molecule is CCC(CBr)CN1CC(C)CCC1C. The minimum absolute atomic E-state index is 0.805. The van der Waals surface area contributed by atoms with E-state index < -0.39 is 0 Å². The van der Waals surface area contributed by atoms with Crippen LogP contribution in [0, 0.1) is 11.8 Å². The predicted octanol–water partition coefficient (Wildman–Crippen LogP) is 3.53. The standard InChI is InChI=1S/C12H24BrN/c1-4-12(7-13)9-14-8-10(2)5-6-11(14)3/h10-12H,4-9H2,1-3H3. The van der Waals surface area contributed by atoms with Crippen LogP contribution in [0.1, 0.15) is 40.0 Å². The summed E-state index contributed by atoms with van der Waals surface area (Å²) in [5.41, 5.74) is 0. The molecule has 0 N–H and O–H groups in total. The van der Waals surface area contributed by atoms with Gasteiger partial charge in [0, 0.05) is 24.5 Å². The van der Waals surface area contributed by atoms with Gasteiger partial charge in [0.2, 0.25) is 0 Å². The molecule has 3 atom stereocenters. The van der Waals surface area contributed by atoms with Gasteiger partial charge < -0.3 is 4.90 Å². The Labute approximate surface area is 97.4 Å². The number of alkyl halides is 1. The van der Waals surface area contributed by atoms with E-state index in [2.05, 4.69) is 41.6 Å². The lowest BCUT2D eigenvalue weighted by atomic mass is 9.94. The number of piperidine rings is 1. The topological polar surface area (TPSA) is 3.24 Å². The van der Waals surface area contributed by atoms with Gasteiger partial charge in [0.1, 0.15) is 0 Å². The summed E-state index contributed by atoms with van der Waals surface area (Å²) in [6.45, 7) is 9.66. The Balaban J connectivity index is 2.40. The Morgan fingerprint density at radius 2 is 2.07 bits per heavy atom. The van der Waals surface area contributed by atoms with E-state index >= 15 is 0 Å². The van der Waals surface area contributed by atoms with Gasteiger partial charge in [0.25, 0.3) is 0 Å². The maximum atomic E-state index is 3.61. The highest BCUT2D eigenvalue weighted by atomic mass is 79.9. The summed E-state index contributed by atoms with van der Waals surface area (Å²) in [5.74, 6) is 1.74. The molecule has 0 spiro atoms. The Bertz CT molecular complexity index is 156. The van der Waals surface area contributed by atoms with Gasteiger partial charge in [0.05, 0.1) is 0 Å². The van der Waals surface area contributed by atoms with Crippen molar-refractivity contribution in [1.29, 1.82) is 0 Å².